The van der Waals surface area contributed by atoms with Crippen LogP contribution in [0.25, 0.3) is 44.1 Å². The van der Waals surface area contributed by atoms with Gasteiger partial charge in [0.15, 0.2) is 6.23 Å². The number of aromatic nitrogens is 1. The minimum atomic E-state index is -0.233. The third-order valence-corrected chi connectivity index (χ3v) is 6.96. The Kier molecular flexibility index (Phi) is 4.87. The van der Waals surface area contributed by atoms with Crippen LogP contribution in [0, 0.1) is 11.3 Å². The first-order chi connectivity index (χ1) is 18.3. The summed E-state index contributed by atoms with van der Waals surface area (Å²) in [6.07, 6.45) is -0.233. The molecule has 7 rings (SSSR count). The quantitative estimate of drug-likeness (QED) is 0.263. The fraction of sp³-hybridized carbons (Fsp3) is 0.0303. The van der Waals surface area contributed by atoms with Gasteiger partial charge in [-0.2, -0.15) is 5.26 Å². The highest BCUT2D eigenvalue weighted by Gasteiger charge is 2.27. The van der Waals surface area contributed by atoms with Crippen LogP contribution in [0.5, 0.6) is 5.75 Å². The Morgan fingerprint density at radius 3 is 2.11 bits per heavy atom. The van der Waals surface area contributed by atoms with Crippen molar-refractivity contribution in [1.29, 1.82) is 5.26 Å². The molecule has 6 aromatic rings. The Morgan fingerprint density at radius 2 is 1.35 bits per heavy atom. The van der Waals surface area contributed by atoms with Crippen molar-refractivity contribution < 1.29 is 4.74 Å². The number of anilines is 1. The van der Waals surface area contributed by atoms with E-state index >= 15 is 0 Å². The molecule has 1 unspecified atom stereocenters. The number of hydrogen-bond acceptors (Lipinski definition) is 4. The van der Waals surface area contributed by atoms with Gasteiger partial charge < -0.3 is 10.1 Å². The van der Waals surface area contributed by atoms with Crippen molar-refractivity contribution in [3.8, 4) is 34.2 Å². The lowest BCUT2D eigenvalue weighted by Crippen LogP contribution is -2.09. The van der Waals surface area contributed by atoms with E-state index in [1.54, 1.807) is 0 Å². The van der Waals surface area contributed by atoms with E-state index in [2.05, 4.69) is 72.0 Å². The van der Waals surface area contributed by atoms with Gasteiger partial charge in [0, 0.05) is 27.3 Å². The minimum absolute atomic E-state index is 0.233. The molecule has 0 aliphatic carbocycles. The van der Waals surface area contributed by atoms with Crippen LogP contribution in [0.4, 0.5) is 5.69 Å². The lowest BCUT2D eigenvalue weighted by molar-refractivity contribution is 0.260. The van der Waals surface area contributed by atoms with E-state index in [0.29, 0.717) is 5.56 Å². The fourth-order valence-corrected chi connectivity index (χ4v) is 5.11. The van der Waals surface area contributed by atoms with E-state index in [1.165, 1.54) is 0 Å². The lowest BCUT2D eigenvalue weighted by atomic mass is 9.96. The summed E-state index contributed by atoms with van der Waals surface area (Å²) in [5.74, 6) is 0.847. The highest BCUT2D eigenvalue weighted by atomic mass is 16.5. The van der Waals surface area contributed by atoms with E-state index in [0.717, 1.165) is 61.1 Å². The van der Waals surface area contributed by atoms with Gasteiger partial charge >= 0.3 is 0 Å². The second-order valence-electron chi connectivity index (χ2n) is 9.16. The topological polar surface area (TPSA) is 57.9 Å². The number of nitrogens with one attached hydrogen (secondary N) is 1. The predicted octanol–water partition coefficient (Wildman–Crippen LogP) is 8.10. The van der Waals surface area contributed by atoms with Gasteiger partial charge in [-0.05, 0) is 41.5 Å². The molecule has 4 nitrogen and oxygen atoms in total. The number of nitrogens with zero attached hydrogens (tertiary/aromatic N) is 2. The minimum Gasteiger partial charge on any atom is -0.464 e. The van der Waals surface area contributed by atoms with Gasteiger partial charge in [0.05, 0.1) is 28.5 Å². The second-order valence-corrected chi connectivity index (χ2v) is 9.16. The molecule has 4 heteroatoms. The van der Waals surface area contributed by atoms with Crippen LogP contribution >= 0.6 is 0 Å². The van der Waals surface area contributed by atoms with Crippen LogP contribution in [-0.2, 0) is 0 Å². The average Bonchev–Trinajstić information content (AvgIpc) is 3.42. The van der Waals surface area contributed by atoms with Crippen LogP contribution in [0.3, 0.4) is 0 Å². The van der Waals surface area contributed by atoms with E-state index in [4.69, 9.17) is 15.0 Å². The van der Waals surface area contributed by atoms with Crippen LogP contribution in [-0.4, -0.2) is 4.98 Å². The number of benzene rings is 5. The van der Waals surface area contributed by atoms with E-state index in [-0.39, 0.29) is 6.23 Å². The highest BCUT2D eigenvalue weighted by Crippen LogP contribution is 2.47. The Bertz CT molecular complexity index is 1820. The summed E-state index contributed by atoms with van der Waals surface area (Å²) in [7, 11) is 0. The van der Waals surface area contributed by atoms with Crippen LogP contribution in [0.2, 0.25) is 0 Å². The molecule has 0 radical (unpaired) electrons. The highest BCUT2D eigenvalue weighted by molar-refractivity contribution is 6.17. The Morgan fingerprint density at radius 1 is 0.676 bits per heavy atom. The van der Waals surface area contributed by atoms with Crippen molar-refractivity contribution in [2.24, 2.45) is 0 Å². The molecule has 0 amide bonds. The summed E-state index contributed by atoms with van der Waals surface area (Å²) in [4.78, 5) is 5.10. The lowest BCUT2D eigenvalue weighted by Gasteiger charge is -2.13. The van der Waals surface area contributed by atoms with Gasteiger partial charge in [0.2, 0.25) is 0 Å². The molecule has 2 heterocycles. The largest absolute Gasteiger partial charge is 0.464 e. The molecule has 1 aliphatic heterocycles. The number of hydrogen-bond donors (Lipinski definition) is 1. The number of rotatable bonds is 3. The molecule has 1 atom stereocenters. The molecule has 5 aromatic carbocycles. The summed E-state index contributed by atoms with van der Waals surface area (Å²) in [5, 5.41) is 16.0. The zero-order valence-electron chi connectivity index (χ0n) is 19.8. The molecular formula is C33H21N3O. The zero-order chi connectivity index (χ0) is 24.8. The first-order valence-corrected chi connectivity index (χ1v) is 12.2. The fourth-order valence-electron chi connectivity index (χ4n) is 5.11. The van der Waals surface area contributed by atoms with E-state index in [9.17, 15) is 0 Å². The smallest absolute Gasteiger partial charge is 0.196 e. The standard InChI is InChI=1S/C33H21N3O/c34-20-21-10-12-22(13-11-21)23-14-16-24(17-15-23)31-27-18-19-29-32(30(27)26-8-4-5-9-28(26)35-31)36-33(37-29)25-6-2-1-3-7-25/h1-19,33,36H. The van der Waals surface area contributed by atoms with Gasteiger partial charge in [-0.1, -0.05) is 84.9 Å². The number of ether oxygens (including phenoxy) is 1. The summed E-state index contributed by atoms with van der Waals surface area (Å²) >= 11 is 0. The molecule has 0 bridgehead atoms. The number of pyridine rings is 1. The second kappa shape index (κ2) is 8.51. The molecular weight excluding hydrogens is 454 g/mol. The predicted molar refractivity (Wildman–Crippen MR) is 148 cm³/mol. The van der Waals surface area contributed by atoms with Crippen molar-refractivity contribution in [2.75, 3.05) is 5.32 Å². The van der Waals surface area contributed by atoms with Crippen molar-refractivity contribution in [3.63, 3.8) is 0 Å². The third kappa shape index (κ3) is 3.57. The molecule has 1 N–H and O–H groups in total. The van der Waals surface area contributed by atoms with E-state index < -0.39 is 0 Å². The summed E-state index contributed by atoms with van der Waals surface area (Å²) < 4.78 is 6.33. The summed E-state index contributed by atoms with van der Waals surface area (Å²) in [6, 6.07) is 40.9. The van der Waals surface area contributed by atoms with Gasteiger partial charge in [-0.15, -0.1) is 0 Å². The summed E-state index contributed by atoms with van der Waals surface area (Å²) in [5.41, 5.74) is 7.85. The molecule has 0 fully saturated rings. The monoisotopic (exact) mass is 475 g/mol. The maximum absolute atomic E-state index is 9.08. The maximum Gasteiger partial charge on any atom is 0.196 e. The number of fused-ring (bicyclic) bond motifs is 5. The zero-order valence-corrected chi connectivity index (χ0v) is 19.8. The molecule has 37 heavy (non-hydrogen) atoms. The summed E-state index contributed by atoms with van der Waals surface area (Å²) in [6.45, 7) is 0. The van der Waals surface area contributed by atoms with Crippen molar-refractivity contribution >= 4 is 27.4 Å². The Balaban J connectivity index is 1.36. The molecule has 1 aliphatic rings. The molecule has 0 saturated carbocycles. The third-order valence-electron chi connectivity index (χ3n) is 6.96. The van der Waals surface area contributed by atoms with Gasteiger partial charge in [-0.25, -0.2) is 4.98 Å². The Labute approximate surface area is 214 Å². The Hall–Kier alpha value is -5.14. The average molecular weight is 476 g/mol. The van der Waals surface area contributed by atoms with Crippen molar-refractivity contribution in [1.82, 2.24) is 4.98 Å². The van der Waals surface area contributed by atoms with Crippen LogP contribution < -0.4 is 10.1 Å². The van der Waals surface area contributed by atoms with Crippen LogP contribution in [0.1, 0.15) is 17.4 Å². The normalized spacial score (nSPS) is 14.1. The van der Waals surface area contributed by atoms with Crippen LogP contribution in [0.15, 0.2) is 115 Å². The van der Waals surface area contributed by atoms with Gasteiger partial charge in [0.25, 0.3) is 0 Å². The number of para-hydroxylation sites is 1. The van der Waals surface area contributed by atoms with Crippen molar-refractivity contribution in [3.05, 3.63) is 126 Å². The molecule has 0 spiro atoms. The SMILES string of the molecule is N#Cc1ccc(-c2ccc(-c3nc4ccccc4c4c5c(ccc34)OC(c3ccccc3)N5)cc2)cc1. The van der Waals surface area contributed by atoms with Gasteiger partial charge in [0.1, 0.15) is 5.75 Å². The molecule has 0 saturated heterocycles. The first-order valence-electron chi connectivity index (χ1n) is 12.2. The van der Waals surface area contributed by atoms with Crippen molar-refractivity contribution in [2.45, 2.75) is 6.23 Å². The number of nitriles is 1. The molecule has 174 valence electrons. The maximum atomic E-state index is 9.08. The first kappa shape index (κ1) is 21.2. The van der Waals surface area contributed by atoms with E-state index in [1.807, 2.05) is 54.6 Å². The molecule has 1 aromatic heterocycles. The van der Waals surface area contributed by atoms with Gasteiger partial charge in [-0.3, -0.25) is 0 Å².